The summed E-state index contributed by atoms with van der Waals surface area (Å²) in [7, 11) is 0. The Kier molecular flexibility index (Phi) is 8.15. The monoisotopic (exact) mass is 534 g/mol. The van der Waals surface area contributed by atoms with Crippen molar-refractivity contribution in [2.24, 2.45) is 46.3 Å². The van der Waals surface area contributed by atoms with Gasteiger partial charge >= 0.3 is 5.97 Å². The lowest BCUT2D eigenvalue weighted by atomic mass is 9.45. The fraction of sp³-hybridized carbons (Fsp3) is 0.750. The van der Waals surface area contributed by atoms with E-state index < -0.39 is 5.60 Å². The maximum absolute atomic E-state index is 12.8. The standard InChI is InChI=1S/C36H54O3/c1-7-36-20-19-30-28(15-14-27-23-34(5,38)21-22-35(27,30)6)31(36)17-16-29(36)25(4)13-18-32(24(2)3)39-33(37)26-11-9-8-10-12-26/h8-12,14,24-25,28-32,38H,7,13,15-23H2,1-6H3/t25-,28-,29-,30+,31+,32-,34+,35+,36-/m1/s1. The van der Waals surface area contributed by atoms with Gasteiger partial charge in [0.05, 0.1) is 11.2 Å². The van der Waals surface area contributed by atoms with Crippen LogP contribution in [0, 0.1) is 46.3 Å². The Morgan fingerprint density at radius 2 is 1.74 bits per heavy atom. The highest BCUT2D eigenvalue weighted by Crippen LogP contribution is 2.68. The molecule has 9 atom stereocenters. The van der Waals surface area contributed by atoms with Gasteiger partial charge in [0.15, 0.2) is 0 Å². The summed E-state index contributed by atoms with van der Waals surface area (Å²) in [5.41, 5.74) is 2.46. The highest BCUT2D eigenvalue weighted by molar-refractivity contribution is 5.89. The van der Waals surface area contributed by atoms with Gasteiger partial charge in [0, 0.05) is 0 Å². The molecule has 0 saturated heterocycles. The summed E-state index contributed by atoms with van der Waals surface area (Å²) in [5, 5.41) is 10.8. The molecule has 3 nitrogen and oxygen atoms in total. The van der Waals surface area contributed by atoms with Gasteiger partial charge in [-0.2, -0.15) is 0 Å². The van der Waals surface area contributed by atoms with Gasteiger partial charge in [0.1, 0.15) is 6.10 Å². The van der Waals surface area contributed by atoms with E-state index in [0.717, 1.165) is 55.8 Å². The maximum atomic E-state index is 12.8. The number of fused-ring (bicyclic) bond motifs is 5. The highest BCUT2D eigenvalue weighted by Gasteiger charge is 2.60. The van der Waals surface area contributed by atoms with Crippen molar-refractivity contribution in [3.8, 4) is 0 Å². The summed E-state index contributed by atoms with van der Waals surface area (Å²) in [6.07, 6.45) is 15.6. The topological polar surface area (TPSA) is 46.5 Å². The summed E-state index contributed by atoms with van der Waals surface area (Å²) in [6.45, 7) is 13.9. The first-order chi connectivity index (χ1) is 18.5. The number of rotatable bonds is 8. The van der Waals surface area contributed by atoms with E-state index in [9.17, 15) is 9.90 Å². The van der Waals surface area contributed by atoms with Crippen LogP contribution in [0.5, 0.6) is 0 Å². The zero-order chi connectivity index (χ0) is 28.0. The van der Waals surface area contributed by atoms with Gasteiger partial charge in [0.2, 0.25) is 0 Å². The second-order valence-electron chi connectivity index (χ2n) is 14.9. The van der Waals surface area contributed by atoms with Crippen LogP contribution in [-0.4, -0.2) is 22.8 Å². The Morgan fingerprint density at radius 1 is 1.00 bits per heavy atom. The SMILES string of the molecule is CC[C@]12CC[C@H]3[C@@H](CC=C4C[C@@](C)(O)CC[C@@]43C)[C@@H]1CC[C@@H]2[C@H](C)CC[C@@H](OC(=O)c1ccccc1)C(C)C. The van der Waals surface area contributed by atoms with Crippen LogP contribution in [0.25, 0.3) is 0 Å². The molecule has 1 N–H and O–H groups in total. The molecule has 4 aliphatic rings. The number of hydrogen-bond donors (Lipinski definition) is 1. The number of benzene rings is 1. The number of aliphatic hydroxyl groups is 1. The zero-order valence-electron chi connectivity index (χ0n) is 25.5. The van der Waals surface area contributed by atoms with Crippen molar-refractivity contribution < 1.29 is 14.6 Å². The second kappa shape index (κ2) is 11.0. The second-order valence-corrected chi connectivity index (χ2v) is 14.9. The quantitative estimate of drug-likeness (QED) is 0.267. The van der Waals surface area contributed by atoms with Crippen LogP contribution in [0.4, 0.5) is 0 Å². The van der Waals surface area contributed by atoms with Crippen molar-refractivity contribution in [3.05, 3.63) is 47.5 Å². The lowest BCUT2D eigenvalue weighted by Crippen LogP contribution is -2.52. The summed E-state index contributed by atoms with van der Waals surface area (Å²) < 4.78 is 6.05. The zero-order valence-corrected chi connectivity index (χ0v) is 25.5. The molecule has 0 aliphatic heterocycles. The number of esters is 1. The minimum atomic E-state index is -0.517. The predicted octanol–water partition coefficient (Wildman–Crippen LogP) is 9.00. The number of carbonyl (C=O) groups is 1. The van der Waals surface area contributed by atoms with E-state index in [0.29, 0.717) is 28.2 Å². The normalized spacial score (nSPS) is 39.2. The van der Waals surface area contributed by atoms with Crippen molar-refractivity contribution in [1.29, 1.82) is 0 Å². The van der Waals surface area contributed by atoms with E-state index in [2.05, 4.69) is 40.7 Å². The van der Waals surface area contributed by atoms with Crippen LogP contribution in [0.2, 0.25) is 0 Å². The summed E-state index contributed by atoms with van der Waals surface area (Å²) >= 11 is 0. The van der Waals surface area contributed by atoms with Crippen molar-refractivity contribution >= 4 is 5.97 Å². The largest absolute Gasteiger partial charge is 0.459 e. The van der Waals surface area contributed by atoms with Crippen molar-refractivity contribution in [3.63, 3.8) is 0 Å². The first kappa shape index (κ1) is 28.9. The molecule has 0 heterocycles. The molecule has 1 aromatic carbocycles. The van der Waals surface area contributed by atoms with Gasteiger partial charge in [-0.15, -0.1) is 0 Å². The summed E-state index contributed by atoms with van der Waals surface area (Å²) in [5.74, 6) is 3.99. The van der Waals surface area contributed by atoms with Gasteiger partial charge in [-0.1, -0.05) is 64.5 Å². The molecule has 0 aromatic heterocycles. The van der Waals surface area contributed by atoms with Crippen LogP contribution in [0.15, 0.2) is 42.0 Å². The summed E-state index contributed by atoms with van der Waals surface area (Å²) in [6, 6.07) is 9.44. The molecule has 0 spiro atoms. The fourth-order valence-electron chi connectivity index (χ4n) is 10.1. The third-order valence-corrected chi connectivity index (χ3v) is 12.4. The van der Waals surface area contributed by atoms with Crippen LogP contribution in [0.3, 0.4) is 0 Å². The number of allylic oxidation sites excluding steroid dienone is 1. The fourth-order valence-corrected chi connectivity index (χ4v) is 10.1. The Morgan fingerprint density at radius 3 is 2.44 bits per heavy atom. The van der Waals surface area contributed by atoms with Crippen LogP contribution in [-0.2, 0) is 4.74 Å². The first-order valence-corrected chi connectivity index (χ1v) is 16.2. The molecule has 3 heteroatoms. The average molecular weight is 535 g/mol. The Hall–Kier alpha value is -1.61. The minimum absolute atomic E-state index is 0.0315. The first-order valence-electron chi connectivity index (χ1n) is 16.2. The third-order valence-electron chi connectivity index (χ3n) is 12.4. The Bertz CT molecular complexity index is 1040. The van der Waals surface area contributed by atoms with E-state index in [4.69, 9.17) is 4.74 Å². The molecule has 3 saturated carbocycles. The molecule has 0 bridgehead atoms. The lowest BCUT2D eigenvalue weighted by molar-refractivity contribution is -0.0795. The number of carbonyl (C=O) groups excluding carboxylic acids is 1. The van der Waals surface area contributed by atoms with Crippen LogP contribution < -0.4 is 0 Å². The number of hydrogen-bond acceptors (Lipinski definition) is 3. The van der Waals surface area contributed by atoms with E-state index in [1.165, 1.54) is 38.5 Å². The molecule has 0 radical (unpaired) electrons. The average Bonchev–Trinajstić information content (AvgIpc) is 3.31. The van der Waals surface area contributed by atoms with Crippen molar-refractivity contribution in [2.45, 2.75) is 124 Å². The Labute approximate surface area is 238 Å². The van der Waals surface area contributed by atoms with Crippen molar-refractivity contribution in [1.82, 2.24) is 0 Å². The van der Waals surface area contributed by atoms with Gasteiger partial charge in [-0.05, 0) is 136 Å². The van der Waals surface area contributed by atoms with Crippen LogP contribution >= 0.6 is 0 Å². The maximum Gasteiger partial charge on any atom is 0.338 e. The smallest absolute Gasteiger partial charge is 0.338 e. The molecule has 216 valence electrons. The van der Waals surface area contributed by atoms with Gasteiger partial charge < -0.3 is 9.84 Å². The molecule has 4 aliphatic carbocycles. The summed E-state index contributed by atoms with van der Waals surface area (Å²) in [4.78, 5) is 12.8. The van der Waals surface area contributed by atoms with Crippen molar-refractivity contribution in [2.75, 3.05) is 0 Å². The van der Waals surface area contributed by atoms with E-state index >= 15 is 0 Å². The van der Waals surface area contributed by atoms with E-state index in [1.54, 1.807) is 5.57 Å². The molecule has 5 rings (SSSR count). The molecule has 39 heavy (non-hydrogen) atoms. The molecule has 1 aromatic rings. The molecule has 3 fully saturated rings. The van der Waals surface area contributed by atoms with E-state index in [1.807, 2.05) is 37.3 Å². The lowest BCUT2D eigenvalue weighted by Gasteiger charge is -2.60. The van der Waals surface area contributed by atoms with Gasteiger partial charge in [-0.25, -0.2) is 4.79 Å². The molecule has 0 unspecified atom stereocenters. The molecular weight excluding hydrogens is 480 g/mol. The van der Waals surface area contributed by atoms with Crippen LogP contribution in [0.1, 0.15) is 123 Å². The van der Waals surface area contributed by atoms with Gasteiger partial charge in [-0.3, -0.25) is 0 Å². The Balaban J connectivity index is 1.27. The van der Waals surface area contributed by atoms with E-state index in [-0.39, 0.29) is 12.1 Å². The molecule has 0 amide bonds. The highest BCUT2D eigenvalue weighted by atomic mass is 16.5. The number of ether oxygens (including phenoxy) is 1. The minimum Gasteiger partial charge on any atom is -0.459 e. The third kappa shape index (κ3) is 5.27. The molecular formula is C36H54O3. The predicted molar refractivity (Wildman–Crippen MR) is 159 cm³/mol. The van der Waals surface area contributed by atoms with Gasteiger partial charge in [0.25, 0.3) is 0 Å².